The summed E-state index contributed by atoms with van der Waals surface area (Å²) >= 11 is 6.39. The average molecular weight is 334 g/mol. The van der Waals surface area contributed by atoms with E-state index in [-0.39, 0.29) is 5.91 Å². The molecule has 0 spiro atoms. The lowest BCUT2D eigenvalue weighted by atomic mass is 10.2. The van der Waals surface area contributed by atoms with E-state index >= 15 is 0 Å². The number of methoxy groups -OCH3 is 1. The maximum absolute atomic E-state index is 11.7. The lowest BCUT2D eigenvalue weighted by Crippen LogP contribution is -2.24. The van der Waals surface area contributed by atoms with E-state index in [1.165, 1.54) is 6.08 Å². The summed E-state index contributed by atoms with van der Waals surface area (Å²) in [7, 11) is 1.59. The van der Waals surface area contributed by atoms with Crippen LogP contribution >= 0.6 is 11.6 Å². The smallest absolute Gasteiger partial charge is 0.244 e. The molecule has 0 fully saturated rings. The number of hydrogen-bond acceptors (Lipinski definition) is 3. The molecule has 1 N–H and O–H groups in total. The highest BCUT2D eigenvalue weighted by Gasteiger charge is 2.11. The van der Waals surface area contributed by atoms with Crippen LogP contribution in [-0.4, -0.2) is 35.9 Å². The Morgan fingerprint density at radius 2 is 2.13 bits per heavy atom. The first-order valence-corrected chi connectivity index (χ1v) is 7.71. The van der Waals surface area contributed by atoms with Gasteiger partial charge in [-0.1, -0.05) is 41.9 Å². The minimum atomic E-state index is -0.187. The van der Waals surface area contributed by atoms with Crippen LogP contribution in [0.1, 0.15) is 16.8 Å². The first kappa shape index (κ1) is 17.2. The van der Waals surface area contributed by atoms with Crippen molar-refractivity contribution >= 4 is 23.6 Å². The molecule has 0 bridgehead atoms. The topological polar surface area (TPSA) is 56.1 Å². The molecule has 122 valence electrons. The zero-order valence-electron chi connectivity index (χ0n) is 13.3. The Morgan fingerprint density at radius 1 is 1.39 bits per heavy atom. The van der Waals surface area contributed by atoms with Crippen molar-refractivity contribution in [2.45, 2.75) is 13.5 Å². The van der Waals surface area contributed by atoms with Gasteiger partial charge in [0.15, 0.2) is 0 Å². The number of aryl methyl sites for hydroxylation is 1. The second-order valence-corrected chi connectivity index (χ2v) is 5.41. The molecule has 0 aliphatic carbocycles. The van der Waals surface area contributed by atoms with Crippen LogP contribution < -0.4 is 5.32 Å². The fourth-order valence-corrected chi connectivity index (χ4v) is 2.41. The Hall–Kier alpha value is -2.11. The second-order valence-electron chi connectivity index (χ2n) is 5.05. The SMILES string of the molecule is COCCNC(=O)/C=C/c1c(C)nn(Cc2ccccc2)c1Cl. The predicted molar refractivity (Wildman–Crippen MR) is 91.4 cm³/mol. The average Bonchev–Trinajstić information content (AvgIpc) is 2.80. The van der Waals surface area contributed by atoms with Crippen molar-refractivity contribution in [2.24, 2.45) is 0 Å². The van der Waals surface area contributed by atoms with Gasteiger partial charge >= 0.3 is 0 Å². The van der Waals surface area contributed by atoms with Crippen molar-refractivity contribution in [3.05, 3.63) is 58.4 Å². The van der Waals surface area contributed by atoms with Crippen LogP contribution in [-0.2, 0) is 16.1 Å². The quantitative estimate of drug-likeness (QED) is 0.626. The molecule has 2 aromatic rings. The predicted octanol–water partition coefficient (Wildman–Crippen LogP) is 2.67. The Balaban J connectivity index is 2.07. The molecule has 2 rings (SSSR count). The van der Waals surface area contributed by atoms with E-state index in [9.17, 15) is 4.79 Å². The maximum Gasteiger partial charge on any atom is 0.244 e. The number of carbonyl (C=O) groups is 1. The third-order valence-electron chi connectivity index (χ3n) is 3.29. The molecule has 0 unspecified atom stereocenters. The van der Waals surface area contributed by atoms with Gasteiger partial charge in [-0.15, -0.1) is 0 Å². The van der Waals surface area contributed by atoms with Gasteiger partial charge in [0, 0.05) is 25.3 Å². The van der Waals surface area contributed by atoms with Crippen LogP contribution in [0.4, 0.5) is 0 Å². The monoisotopic (exact) mass is 333 g/mol. The van der Waals surface area contributed by atoms with Gasteiger partial charge in [-0.2, -0.15) is 5.10 Å². The molecule has 0 aliphatic rings. The van der Waals surface area contributed by atoms with Gasteiger partial charge in [0.1, 0.15) is 5.15 Å². The van der Waals surface area contributed by atoms with Crippen LogP contribution in [0.25, 0.3) is 6.08 Å². The molecule has 1 aromatic heterocycles. The molecule has 1 heterocycles. The Bertz CT molecular complexity index is 681. The molecule has 0 radical (unpaired) electrons. The molecule has 0 saturated carbocycles. The lowest BCUT2D eigenvalue weighted by molar-refractivity contribution is -0.116. The summed E-state index contributed by atoms with van der Waals surface area (Å²) in [6.07, 6.45) is 3.15. The number of rotatable bonds is 7. The van der Waals surface area contributed by atoms with Crippen molar-refractivity contribution in [3.63, 3.8) is 0 Å². The van der Waals surface area contributed by atoms with Crippen molar-refractivity contribution < 1.29 is 9.53 Å². The van der Waals surface area contributed by atoms with Crippen molar-refractivity contribution in [1.29, 1.82) is 0 Å². The van der Waals surface area contributed by atoms with Crippen LogP contribution in [0.3, 0.4) is 0 Å². The largest absolute Gasteiger partial charge is 0.383 e. The fraction of sp³-hybridized carbons (Fsp3) is 0.294. The van der Waals surface area contributed by atoms with Crippen molar-refractivity contribution in [2.75, 3.05) is 20.3 Å². The van der Waals surface area contributed by atoms with Crippen LogP contribution in [0.15, 0.2) is 36.4 Å². The van der Waals surface area contributed by atoms with Gasteiger partial charge in [0.2, 0.25) is 5.91 Å². The second kappa shape index (κ2) is 8.50. The Labute approximate surface area is 140 Å². The molecule has 1 amide bonds. The number of carbonyl (C=O) groups excluding carboxylic acids is 1. The highest BCUT2D eigenvalue weighted by molar-refractivity contribution is 6.31. The number of hydrogen-bond donors (Lipinski definition) is 1. The van der Waals surface area contributed by atoms with Crippen molar-refractivity contribution in [1.82, 2.24) is 15.1 Å². The van der Waals surface area contributed by atoms with Gasteiger partial charge in [0.05, 0.1) is 18.8 Å². The summed E-state index contributed by atoms with van der Waals surface area (Å²) in [6, 6.07) is 9.96. The number of ether oxygens (including phenoxy) is 1. The number of amides is 1. The standard InChI is InChI=1S/C17H20ClN3O2/c1-13-15(8-9-16(22)19-10-11-23-2)17(18)21(20-13)12-14-6-4-3-5-7-14/h3-9H,10-12H2,1-2H3,(H,19,22)/b9-8+. The first-order valence-electron chi connectivity index (χ1n) is 7.33. The summed E-state index contributed by atoms with van der Waals surface area (Å²) in [6.45, 7) is 3.41. The first-order chi connectivity index (χ1) is 11.1. The van der Waals surface area contributed by atoms with Crippen molar-refractivity contribution in [3.8, 4) is 0 Å². The van der Waals surface area contributed by atoms with Gasteiger partial charge < -0.3 is 10.1 Å². The van der Waals surface area contributed by atoms with Gasteiger partial charge in [-0.05, 0) is 18.6 Å². The van der Waals surface area contributed by atoms with Crippen LogP contribution in [0.5, 0.6) is 0 Å². The molecule has 1 aromatic carbocycles. The van der Waals surface area contributed by atoms with E-state index in [0.717, 1.165) is 16.8 Å². The Kier molecular flexibility index (Phi) is 6.38. The third-order valence-corrected chi connectivity index (χ3v) is 3.69. The van der Waals surface area contributed by atoms with E-state index in [1.54, 1.807) is 17.9 Å². The molecular formula is C17H20ClN3O2. The number of halogens is 1. The highest BCUT2D eigenvalue weighted by Crippen LogP contribution is 2.22. The molecular weight excluding hydrogens is 314 g/mol. The molecule has 0 atom stereocenters. The van der Waals surface area contributed by atoms with Gasteiger partial charge in [-0.25, -0.2) is 4.68 Å². The molecule has 0 aliphatic heterocycles. The minimum Gasteiger partial charge on any atom is -0.383 e. The van der Waals surface area contributed by atoms with E-state index in [2.05, 4.69) is 10.4 Å². The number of nitrogens with one attached hydrogen (secondary N) is 1. The molecule has 23 heavy (non-hydrogen) atoms. The minimum absolute atomic E-state index is 0.187. The van der Waals surface area contributed by atoms with Gasteiger partial charge in [-0.3, -0.25) is 4.79 Å². The molecule has 5 nitrogen and oxygen atoms in total. The zero-order chi connectivity index (χ0) is 16.7. The summed E-state index contributed by atoms with van der Waals surface area (Å²) in [5, 5.41) is 7.68. The highest BCUT2D eigenvalue weighted by atomic mass is 35.5. The number of nitrogens with zero attached hydrogens (tertiary/aromatic N) is 2. The molecule has 0 saturated heterocycles. The molecule has 6 heteroatoms. The third kappa shape index (κ3) is 4.94. The van der Waals surface area contributed by atoms with Crippen LogP contribution in [0.2, 0.25) is 5.15 Å². The maximum atomic E-state index is 11.7. The van der Waals surface area contributed by atoms with E-state index < -0.39 is 0 Å². The summed E-state index contributed by atoms with van der Waals surface area (Å²) < 4.78 is 6.61. The van der Waals surface area contributed by atoms with Gasteiger partial charge in [0.25, 0.3) is 0 Å². The summed E-state index contributed by atoms with van der Waals surface area (Å²) in [4.78, 5) is 11.7. The fourth-order valence-electron chi connectivity index (χ4n) is 2.11. The lowest BCUT2D eigenvalue weighted by Gasteiger charge is -2.03. The Morgan fingerprint density at radius 3 is 2.83 bits per heavy atom. The van der Waals surface area contributed by atoms with E-state index in [0.29, 0.717) is 24.8 Å². The summed E-state index contributed by atoms with van der Waals surface area (Å²) in [5.41, 5.74) is 2.65. The van der Waals surface area contributed by atoms with E-state index in [4.69, 9.17) is 16.3 Å². The number of aromatic nitrogens is 2. The van der Waals surface area contributed by atoms with Crippen LogP contribution in [0, 0.1) is 6.92 Å². The van der Waals surface area contributed by atoms with E-state index in [1.807, 2.05) is 37.3 Å². The zero-order valence-corrected chi connectivity index (χ0v) is 14.0. The number of benzene rings is 1. The summed E-state index contributed by atoms with van der Waals surface area (Å²) in [5.74, 6) is -0.187. The normalized spacial score (nSPS) is 11.1.